The Hall–Kier alpha value is -2.83. The van der Waals surface area contributed by atoms with Gasteiger partial charge >= 0.3 is 5.97 Å². The maximum absolute atomic E-state index is 11.5. The Kier molecular flexibility index (Phi) is 3.69. The molecule has 1 aromatic carbocycles. The maximum Gasteiger partial charge on any atom is 0.354 e. The minimum Gasteiger partial charge on any atom is -0.493 e. The quantitative estimate of drug-likeness (QED) is 0.868. The van der Waals surface area contributed by atoms with Gasteiger partial charge in [-0.3, -0.25) is 4.79 Å². The molecule has 2 aromatic rings. The predicted molar refractivity (Wildman–Crippen MR) is 70.4 cm³/mol. The molecule has 104 valence electrons. The second kappa shape index (κ2) is 5.43. The zero-order chi connectivity index (χ0) is 14.7. The molecule has 7 nitrogen and oxygen atoms in total. The van der Waals surface area contributed by atoms with Gasteiger partial charge in [0, 0.05) is 6.07 Å². The molecule has 7 heteroatoms. The molecule has 0 radical (unpaired) electrons. The molecule has 1 aromatic heterocycles. The number of carboxylic acids is 1. The van der Waals surface area contributed by atoms with Gasteiger partial charge < -0.3 is 19.6 Å². The first-order valence-corrected chi connectivity index (χ1v) is 5.63. The van der Waals surface area contributed by atoms with Gasteiger partial charge in [-0.25, -0.2) is 9.78 Å². The molecule has 0 aliphatic rings. The van der Waals surface area contributed by atoms with E-state index < -0.39 is 11.5 Å². The average Bonchev–Trinajstić information content (AvgIpc) is 2.45. The molecule has 0 unspecified atom stereocenters. The lowest BCUT2D eigenvalue weighted by Crippen LogP contribution is -2.14. The van der Waals surface area contributed by atoms with Gasteiger partial charge in [0.25, 0.3) is 5.56 Å². The number of nitrogens with zero attached hydrogens (tertiary/aromatic N) is 1. The highest BCUT2D eigenvalue weighted by Crippen LogP contribution is 2.35. The molecule has 2 rings (SSSR count). The van der Waals surface area contributed by atoms with E-state index in [1.165, 1.54) is 14.2 Å². The van der Waals surface area contributed by atoms with Crippen molar-refractivity contribution in [3.05, 3.63) is 40.3 Å². The van der Waals surface area contributed by atoms with Crippen LogP contribution in [-0.4, -0.2) is 35.3 Å². The summed E-state index contributed by atoms with van der Waals surface area (Å²) < 4.78 is 10.4. The number of hydrogen-bond acceptors (Lipinski definition) is 5. The molecule has 20 heavy (non-hydrogen) atoms. The molecule has 0 amide bonds. The van der Waals surface area contributed by atoms with Crippen LogP contribution in [0, 0.1) is 0 Å². The molecule has 0 spiro atoms. The number of aromatic carboxylic acids is 1. The van der Waals surface area contributed by atoms with Crippen molar-refractivity contribution in [3.8, 4) is 22.9 Å². The zero-order valence-electron chi connectivity index (χ0n) is 10.8. The lowest BCUT2D eigenvalue weighted by Gasteiger charge is -2.11. The standard InChI is InChI=1S/C13H12N2O5/c1-19-9-5-3-4-7(11(9)20-2)12-14-8(13(17)18)6-10(16)15-12/h3-6H,1-2H3,(H,17,18)(H,14,15,16). The Morgan fingerprint density at radius 1 is 1.30 bits per heavy atom. The molecular weight excluding hydrogens is 264 g/mol. The van der Waals surface area contributed by atoms with E-state index in [1.807, 2.05) is 0 Å². The molecule has 0 fully saturated rings. The van der Waals surface area contributed by atoms with E-state index >= 15 is 0 Å². The Morgan fingerprint density at radius 3 is 2.65 bits per heavy atom. The van der Waals surface area contributed by atoms with Gasteiger partial charge in [-0.05, 0) is 12.1 Å². The number of carboxylic acid groups (broad SMARTS) is 1. The monoisotopic (exact) mass is 276 g/mol. The largest absolute Gasteiger partial charge is 0.493 e. The van der Waals surface area contributed by atoms with Crippen LogP contribution in [-0.2, 0) is 0 Å². The van der Waals surface area contributed by atoms with Crippen molar-refractivity contribution >= 4 is 5.97 Å². The van der Waals surface area contributed by atoms with E-state index in [-0.39, 0.29) is 11.5 Å². The van der Waals surface area contributed by atoms with Crippen molar-refractivity contribution < 1.29 is 19.4 Å². The fourth-order valence-corrected chi connectivity index (χ4v) is 1.77. The van der Waals surface area contributed by atoms with Crippen LogP contribution in [0.4, 0.5) is 0 Å². The first kappa shape index (κ1) is 13.6. The third-order valence-electron chi connectivity index (χ3n) is 2.62. The van der Waals surface area contributed by atoms with Gasteiger partial charge in [0.15, 0.2) is 17.2 Å². The Bertz CT molecular complexity index is 708. The van der Waals surface area contributed by atoms with Crippen molar-refractivity contribution in [1.82, 2.24) is 9.97 Å². The summed E-state index contributed by atoms with van der Waals surface area (Å²) in [5.41, 5.74) is -0.460. The summed E-state index contributed by atoms with van der Waals surface area (Å²) in [6.45, 7) is 0. The van der Waals surface area contributed by atoms with E-state index in [0.29, 0.717) is 17.1 Å². The molecule has 0 saturated carbocycles. The summed E-state index contributed by atoms with van der Waals surface area (Å²) in [4.78, 5) is 28.8. The summed E-state index contributed by atoms with van der Waals surface area (Å²) in [6.07, 6.45) is 0. The molecule has 1 heterocycles. The van der Waals surface area contributed by atoms with E-state index in [0.717, 1.165) is 6.07 Å². The summed E-state index contributed by atoms with van der Waals surface area (Å²) in [7, 11) is 2.92. The van der Waals surface area contributed by atoms with Crippen LogP contribution < -0.4 is 15.0 Å². The minimum absolute atomic E-state index is 0.102. The number of aromatic amines is 1. The van der Waals surface area contributed by atoms with Gasteiger partial charge in [-0.15, -0.1) is 0 Å². The number of ether oxygens (including phenoxy) is 2. The SMILES string of the molecule is COc1cccc(-c2nc(C(=O)O)cc(=O)[nH]2)c1OC. The normalized spacial score (nSPS) is 10.1. The van der Waals surface area contributed by atoms with E-state index in [1.54, 1.807) is 18.2 Å². The van der Waals surface area contributed by atoms with Crippen LogP contribution in [0.25, 0.3) is 11.4 Å². The molecular formula is C13H12N2O5. The van der Waals surface area contributed by atoms with Gasteiger partial charge in [-0.1, -0.05) is 6.07 Å². The lowest BCUT2D eigenvalue weighted by atomic mass is 10.1. The number of benzene rings is 1. The lowest BCUT2D eigenvalue weighted by molar-refractivity contribution is 0.0690. The maximum atomic E-state index is 11.5. The van der Waals surface area contributed by atoms with E-state index in [2.05, 4.69) is 9.97 Å². The first-order valence-electron chi connectivity index (χ1n) is 5.63. The molecule has 2 N–H and O–H groups in total. The molecule has 0 atom stereocenters. The van der Waals surface area contributed by atoms with Crippen molar-refractivity contribution in [3.63, 3.8) is 0 Å². The highest BCUT2D eigenvalue weighted by atomic mass is 16.5. The van der Waals surface area contributed by atoms with E-state index in [9.17, 15) is 9.59 Å². The van der Waals surface area contributed by atoms with Gasteiger partial charge in [0.1, 0.15) is 5.82 Å². The van der Waals surface area contributed by atoms with E-state index in [4.69, 9.17) is 14.6 Å². The number of nitrogens with one attached hydrogen (secondary N) is 1. The Balaban J connectivity index is 2.68. The topological polar surface area (TPSA) is 102 Å². The number of aromatic nitrogens is 2. The summed E-state index contributed by atoms with van der Waals surface area (Å²) in [5, 5.41) is 8.94. The fourth-order valence-electron chi connectivity index (χ4n) is 1.77. The predicted octanol–water partition coefficient (Wildman–Crippen LogP) is 1.15. The molecule has 0 aliphatic carbocycles. The molecule has 0 saturated heterocycles. The second-order valence-corrected chi connectivity index (χ2v) is 3.83. The highest BCUT2D eigenvalue weighted by molar-refractivity contribution is 5.86. The van der Waals surface area contributed by atoms with Crippen LogP contribution in [0.5, 0.6) is 11.5 Å². The number of para-hydroxylation sites is 1. The van der Waals surface area contributed by atoms with Crippen LogP contribution in [0.2, 0.25) is 0 Å². The third-order valence-corrected chi connectivity index (χ3v) is 2.62. The van der Waals surface area contributed by atoms with Gasteiger partial charge in [-0.2, -0.15) is 0 Å². The van der Waals surface area contributed by atoms with Gasteiger partial charge in [0.2, 0.25) is 0 Å². The minimum atomic E-state index is -1.28. The summed E-state index contributed by atoms with van der Waals surface area (Å²) in [5.74, 6) is -0.362. The van der Waals surface area contributed by atoms with Crippen molar-refractivity contribution in [1.29, 1.82) is 0 Å². The molecule has 0 bridgehead atoms. The number of H-pyrrole nitrogens is 1. The number of rotatable bonds is 4. The zero-order valence-corrected chi connectivity index (χ0v) is 10.8. The number of hydrogen-bond donors (Lipinski definition) is 2. The summed E-state index contributed by atoms with van der Waals surface area (Å²) >= 11 is 0. The third kappa shape index (κ3) is 2.46. The fraction of sp³-hybridized carbons (Fsp3) is 0.154. The van der Waals surface area contributed by atoms with Crippen LogP contribution in [0.15, 0.2) is 29.1 Å². The van der Waals surface area contributed by atoms with Crippen molar-refractivity contribution in [2.75, 3.05) is 14.2 Å². The molecule has 0 aliphatic heterocycles. The van der Waals surface area contributed by atoms with Crippen molar-refractivity contribution in [2.45, 2.75) is 0 Å². The number of carbonyl (C=O) groups is 1. The second-order valence-electron chi connectivity index (χ2n) is 3.83. The van der Waals surface area contributed by atoms with Crippen LogP contribution >= 0.6 is 0 Å². The van der Waals surface area contributed by atoms with Crippen LogP contribution in [0.3, 0.4) is 0 Å². The first-order chi connectivity index (χ1) is 9.56. The Labute approximate surface area is 113 Å². The highest BCUT2D eigenvalue weighted by Gasteiger charge is 2.15. The van der Waals surface area contributed by atoms with Crippen LogP contribution in [0.1, 0.15) is 10.5 Å². The average molecular weight is 276 g/mol. The number of methoxy groups -OCH3 is 2. The smallest absolute Gasteiger partial charge is 0.354 e. The Morgan fingerprint density at radius 2 is 2.05 bits per heavy atom. The summed E-state index contributed by atoms with van der Waals surface area (Å²) in [6, 6.07) is 5.93. The van der Waals surface area contributed by atoms with Crippen molar-refractivity contribution in [2.24, 2.45) is 0 Å². The van der Waals surface area contributed by atoms with Gasteiger partial charge in [0.05, 0.1) is 19.8 Å².